The van der Waals surface area contributed by atoms with Gasteiger partial charge in [-0.25, -0.2) is 4.79 Å². The first-order valence-corrected chi connectivity index (χ1v) is 10.6. The molecule has 1 aliphatic carbocycles. The molecule has 1 saturated carbocycles. The maximum Gasteiger partial charge on any atom is 0.317 e. The van der Waals surface area contributed by atoms with Gasteiger partial charge >= 0.3 is 6.03 Å². The van der Waals surface area contributed by atoms with E-state index in [0.717, 1.165) is 50.9 Å². The summed E-state index contributed by atoms with van der Waals surface area (Å²) in [6.45, 7) is 9.48. The Labute approximate surface area is 167 Å². The minimum atomic E-state index is 0.0287. The van der Waals surface area contributed by atoms with Crippen LogP contribution in [0.3, 0.4) is 0 Å². The lowest BCUT2D eigenvalue weighted by molar-refractivity contribution is -0.119. The first kappa shape index (κ1) is 19.2. The zero-order valence-corrected chi connectivity index (χ0v) is 16.8. The van der Waals surface area contributed by atoms with Crippen LogP contribution in [0.4, 0.5) is 4.79 Å². The molecule has 0 bridgehead atoms. The fourth-order valence-electron chi connectivity index (χ4n) is 5.16. The maximum atomic E-state index is 12.9. The van der Waals surface area contributed by atoms with Crippen LogP contribution in [0.5, 0.6) is 0 Å². The predicted octanol–water partition coefficient (Wildman–Crippen LogP) is 3.14. The highest BCUT2D eigenvalue weighted by Gasteiger charge is 2.41. The fraction of sp³-hybridized carbons (Fsp3) is 0.565. The molecule has 5 heteroatoms. The Morgan fingerprint density at radius 2 is 2.04 bits per heavy atom. The number of piperidine rings is 1. The minimum absolute atomic E-state index is 0.0287. The lowest BCUT2D eigenvalue weighted by Gasteiger charge is -2.47. The van der Waals surface area contributed by atoms with Crippen LogP contribution in [0.2, 0.25) is 0 Å². The molecule has 3 aliphatic rings. The van der Waals surface area contributed by atoms with Gasteiger partial charge in [-0.3, -0.25) is 9.69 Å². The monoisotopic (exact) mass is 381 g/mol. The van der Waals surface area contributed by atoms with Gasteiger partial charge in [-0.15, -0.1) is 0 Å². The van der Waals surface area contributed by atoms with Crippen LogP contribution in [-0.2, 0) is 17.8 Å². The molecule has 0 unspecified atom stereocenters. The Kier molecular flexibility index (Phi) is 5.54. The number of likely N-dealkylation sites (tertiary alicyclic amines) is 1. The van der Waals surface area contributed by atoms with Crippen molar-refractivity contribution in [1.29, 1.82) is 0 Å². The van der Waals surface area contributed by atoms with Crippen LogP contribution < -0.4 is 5.32 Å². The second kappa shape index (κ2) is 8.08. The Hall–Kier alpha value is -2.14. The van der Waals surface area contributed by atoms with Crippen molar-refractivity contribution in [1.82, 2.24) is 15.1 Å². The van der Waals surface area contributed by atoms with Crippen molar-refractivity contribution in [2.24, 2.45) is 5.92 Å². The third-order valence-electron chi connectivity index (χ3n) is 6.61. The zero-order chi connectivity index (χ0) is 19.7. The largest absolute Gasteiger partial charge is 0.334 e. The SMILES string of the molecule is C=C1C[C@@H]2[C@@H](CC1=O)C[C@H](NC(=O)N1CCc3ccccc3C1)CN2CCC. The number of fused-ring (bicyclic) bond motifs is 2. The van der Waals surface area contributed by atoms with E-state index in [1.54, 1.807) is 0 Å². The second-order valence-corrected chi connectivity index (χ2v) is 8.58. The number of hydrogen-bond donors (Lipinski definition) is 1. The lowest BCUT2D eigenvalue weighted by Crippen LogP contribution is -2.59. The number of ketones is 1. The van der Waals surface area contributed by atoms with Crippen molar-refractivity contribution in [3.05, 3.63) is 47.5 Å². The molecule has 1 aromatic carbocycles. The first-order chi connectivity index (χ1) is 13.5. The summed E-state index contributed by atoms with van der Waals surface area (Å²) < 4.78 is 0. The highest BCUT2D eigenvalue weighted by Crippen LogP contribution is 2.36. The van der Waals surface area contributed by atoms with Crippen LogP contribution in [0, 0.1) is 5.92 Å². The van der Waals surface area contributed by atoms with E-state index < -0.39 is 0 Å². The van der Waals surface area contributed by atoms with Crippen LogP contribution in [0.15, 0.2) is 36.4 Å². The van der Waals surface area contributed by atoms with Gasteiger partial charge in [-0.1, -0.05) is 37.8 Å². The van der Waals surface area contributed by atoms with Gasteiger partial charge in [0.05, 0.1) is 0 Å². The molecule has 5 nitrogen and oxygen atoms in total. The third kappa shape index (κ3) is 3.86. The molecule has 28 heavy (non-hydrogen) atoms. The molecule has 2 amide bonds. The smallest absolute Gasteiger partial charge is 0.317 e. The number of rotatable bonds is 3. The number of carbonyl (C=O) groups excluding carboxylic acids is 2. The van der Waals surface area contributed by atoms with E-state index in [9.17, 15) is 9.59 Å². The van der Waals surface area contributed by atoms with Crippen molar-refractivity contribution in [3.8, 4) is 0 Å². The molecule has 0 aromatic heterocycles. The quantitative estimate of drug-likeness (QED) is 0.819. The summed E-state index contributed by atoms with van der Waals surface area (Å²) in [4.78, 5) is 29.5. The number of nitrogens with one attached hydrogen (secondary N) is 1. The standard InChI is InChI=1S/C23H31N3O2/c1-3-9-25-15-20(12-19-13-22(27)16(2)11-21(19)25)24-23(28)26-10-8-17-6-4-5-7-18(17)14-26/h4-7,19-21H,2-3,8-15H2,1H3,(H,24,28)/t19-,20+,21-/m1/s1. The van der Waals surface area contributed by atoms with Gasteiger partial charge in [0.2, 0.25) is 0 Å². The van der Waals surface area contributed by atoms with E-state index in [4.69, 9.17) is 0 Å². The van der Waals surface area contributed by atoms with E-state index >= 15 is 0 Å². The Balaban J connectivity index is 1.41. The number of urea groups is 1. The molecule has 1 aromatic rings. The van der Waals surface area contributed by atoms with E-state index in [-0.39, 0.29) is 17.9 Å². The molecule has 2 fully saturated rings. The minimum Gasteiger partial charge on any atom is -0.334 e. The van der Waals surface area contributed by atoms with E-state index in [1.807, 2.05) is 11.0 Å². The Morgan fingerprint density at radius 3 is 2.82 bits per heavy atom. The molecule has 4 rings (SSSR count). The number of hydrogen-bond acceptors (Lipinski definition) is 3. The maximum absolute atomic E-state index is 12.9. The molecular weight excluding hydrogens is 350 g/mol. The van der Waals surface area contributed by atoms with Gasteiger partial charge in [0.1, 0.15) is 0 Å². The third-order valence-corrected chi connectivity index (χ3v) is 6.61. The van der Waals surface area contributed by atoms with Crippen molar-refractivity contribution >= 4 is 11.8 Å². The number of Topliss-reactive ketones (excluding diaryl/α,β-unsaturated/α-hetero) is 1. The number of nitrogens with zero attached hydrogens (tertiary/aromatic N) is 2. The fourth-order valence-corrected chi connectivity index (χ4v) is 5.16. The van der Waals surface area contributed by atoms with Crippen LogP contribution in [-0.4, -0.2) is 53.3 Å². The highest BCUT2D eigenvalue weighted by molar-refractivity contribution is 5.95. The van der Waals surface area contributed by atoms with Gasteiger partial charge in [0.15, 0.2) is 5.78 Å². The van der Waals surface area contributed by atoms with E-state index in [2.05, 4.69) is 41.9 Å². The Bertz CT molecular complexity index is 775. The predicted molar refractivity (Wildman–Crippen MR) is 110 cm³/mol. The number of benzene rings is 1. The van der Waals surface area contributed by atoms with E-state index in [1.165, 1.54) is 11.1 Å². The summed E-state index contributed by atoms with van der Waals surface area (Å²) in [6, 6.07) is 8.91. The van der Waals surface area contributed by atoms with Crippen LogP contribution in [0.1, 0.15) is 43.7 Å². The van der Waals surface area contributed by atoms with Gasteiger partial charge in [-0.05, 0) is 54.8 Å². The molecular formula is C23H31N3O2. The van der Waals surface area contributed by atoms with Crippen molar-refractivity contribution in [3.63, 3.8) is 0 Å². The normalized spacial score (nSPS) is 27.9. The molecule has 2 heterocycles. The second-order valence-electron chi connectivity index (χ2n) is 8.58. The van der Waals surface area contributed by atoms with Crippen LogP contribution >= 0.6 is 0 Å². The highest BCUT2D eigenvalue weighted by atomic mass is 16.2. The van der Waals surface area contributed by atoms with Gasteiger partial charge < -0.3 is 10.2 Å². The van der Waals surface area contributed by atoms with Gasteiger partial charge in [0.25, 0.3) is 0 Å². The van der Waals surface area contributed by atoms with Crippen molar-refractivity contribution in [2.75, 3.05) is 19.6 Å². The number of amides is 2. The molecule has 3 atom stereocenters. The topological polar surface area (TPSA) is 52.7 Å². The summed E-state index contributed by atoms with van der Waals surface area (Å²) in [5.41, 5.74) is 3.37. The van der Waals surface area contributed by atoms with Crippen molar-refractivity contribution < 1.29 is 9.59 Å². The average molecular weight is 382 g/mol. The zero-order valence-electron chi connectivity index (χ0n) is 16.8. The van der Waals surface area contributed by atoms with E-state index in [0.29, 0.717) is 24.9 Å². The lowest BCUT2D eigenvalue weighted by atomic mass is 9.74. The van der Waals surface area contributed by atoms with Crippen LogP contribution in [0.25, 0.3) is 0 Å². The van der Waals surface area contributed by atoms with Crippen molar-refractivity contribution in [2.45, 2.75) is 57.7 Å². The van der Waals surface area contributed by atoms with Gasteiger partial charge in [0, 0.05) is 38.1 Å². The summed E-state index contributed by atoms with van der Waals surface area (Å²) in [6.07, 6.45) is 4.24. The molecule has 1 N–H and O–H groups in total. The first-order valence-electron chi connectivity index (χ1n) is 10.6. The number of carbonyl (C=O) groups is 2. The molecule has 1 saturated heterocycles. The summed E-state index contributed by atoms with van der Waals surface area (Å²) >= 11 is 0. The average Bonchev–Trinajstić information content (AvgIpc) is 2.69. The molecule has 0 spiro atoms. The molecule has 2 aliphatic heterocycles. The Morgan fingerprint density at radius 1 is 1.25 bits per heavy atom. The summed E-state index contributed by atoms with van der Waals surface area (Å²) in [5, 5.41) is 3.28. The summed E-state index contributed by atoms with van der Waals surface area (Å²) in [7, 11) is 0. The van der Waals surface area contributed by atoms with Gasteiger partial charge in [-0.2, -0.15) is 0 Å². The molecule has 150 valence electrons. The summed E-state index contributed by atoms with van der Waals surface area (Å²) in [5.74, 6) is 0.531. The molecule has 0 radical (unpaired) electrons.